The first-order valence-corrected chi connectivity index (χ1v) is 10.1. The Morgan fingerprint density at radius 1 is 1.07 bits per heavy atom. The van der Waals surface area contributed by atoms with Crippen molar-refractivity contribution in [2.75, 3.05) is 13.1 Å². The Labute approximate surface area is 170 Å². The zero-order valence-corrected chi connectivity index (χ0v) is 16.9. The van der Waals surface area contributed by atoms with Crippen LogP contribution in [0.25, 0.3) is 11.0 Å². The normalized spacial score (nSPS) is 20.1. The fourth-order valence-electron chi connectivity index (χ4n) is 3.86. The molecule has 4 rings (SSSR count). The van der Waals surface area contributed by atoms with E-state index < -0.39 is 0 Å². The number of nitrogens with one attached hydrogen (secondary N) is 1. The summed E-state index contributed by atoms with van der Waals surface area (Å²) in [5.41, 5.74) is 4.00. The van der Waals surface area contributed by atoms with Gasteiger partial charge in [0, 0.05) is 26.2 Å². The predicted molar refractivity (Wildman–Crippen MR) is 111 cm³/mol. The molecule has 1 aliphatic rings. The standard InChI is InChI=1S/C22H27N5O2/c1-16-12-26(13-17(2)29-16)14-19-9-7-18(8-10-19)11-23-22(28)15-27-21-6-4-3-5-20(21)24-25-27/h3-10,16-17H,11-15H2,1-2H3,(H,23,28). The Kier molecular flexibility index (Phi) is 5.87. The molecule has 7 nitrogen and oxygen atoms in total. The van der Waals surface area contributed by atoms with Gasteiger partial charge in [-0.25, -0.2) is 4.68 Å². The van der Waals surface area contributed by atoms with Crippen molar-refractivity contribution in [1.29, 1.82) is 0 Å². The molecule has 2 heterocycles. The minimum atomic E-state index is -0.0824. The largest absolute Gasteiger partial charge is 0.373 e. The van der Waals surface area contributed by atoms with E-state index in [0.29, 0.717) is 6.54 Å². The van der Waals surface area contributed by atoms with Gasteiger partial charge in [0.25, 0.3) is 0 Å². The molecular weight excluding hydrogens is 366 g/mol. The van der Waals surface area contributed by atoms with Crippen LogP contribution in [-0.4, -0.2) is 51.1 Å². The van der Waals surface area contributed by atoms with Gasteiger partial charge in [-0.15, -0.1) is 5.10 Å². The Morgan fingerprint density at radius 2 is 1.76 bits per heavy atom. The van der Waals surface area contributed by atoms with Crippen LogP contribution in [0.5, 0.6) is 0 Å². The minimum absolute atomic E-state index is 0.0824. The first kappa shape index (κ1) is 19.5. The van der Waals surface area contributed by atoms with Crippen molar-refractivity contribution in [2.24, 2.45) is 0 Å². The van der Waals surface area contributed by atoms with E-state index in [4.69, 9.17) is 4.74 Å². The van der Waals surface area contributed by atoms with Gasteiger partial charge in [0.1, 0.15) is 12.1 Å². The molecule has 0 radical (unpaired) electrons. The topological polar surface area (TPSA) is 72.3 Å². The van der Waals surface area contributed by atoms with Crippen molar-refractivity contribution >= 4 is 16.9 Å². The molecule has 1 aliphatic heterocycles. The quantitative estimate of drug-likeness (QED) is 0.696. The van der Waals surface area contributed by atoms with E-state index in [1.807, 2.05) is 24.3 Å². The summed E-state index contributed by atoms with van der Waals surface area (Å²) in [6.45, 7) is 7.73. The summed E-state index contributed by atoms with van der Waals surface area (Å²) in [7, 11) is 0. The van der Waals surface area contributed by atoms with E-state index in [-0.39, 0.29) is 24.7 Å². The number of morpholine rings is 1. The molecule has 2 atom stereocenters. The molecule has 7 heteroatoms. The van der Waals surface area contributed by atoms with Gasteiger partial charge in [-0.1, -0.05) is 41.6 Å². The Bertz CT molecular complexity index is 959. The number of hydrogen-bond donors (Lipinski definition) is 1. The van der Waals surface area contributed by atoms with Gasteiger partial charge in [0.05, 0.1) is 17.7 Å². The van der Waals surface area contributed by atoms with Crippen LogP contribution < -0.4 is 5.32 Å². The van der Waals surface area contributed by atoms with Crippen molar-refractivity contribution < 1.29 is 9.53 Å². The zero-order chi connectivity index (χ0) is 20.2. The maximum Gasteiger partial charge on any atom is 0.242 e. The Morgan fingerprint density at radius 3 is 2.52 bits per heavy atom. The predicted octanol–water partition coefficient (Wildman–Crippen LogP) is 2.36. The van der Waals surface area contributed by atoms with Crippen LogP contribution in [0.3, 0.4) is 0 Å². The van der Waals surface area contributed by atoms with Crippen molar-refractivity contribution in [3.8, 4) is 0 Å². The molecule has 0 spiro atoms. The molecule has 0 saturated carbocycles. The summed E-state index contributed by atoms with van der Waals surface area (Å²) in [5.74, 6) is -0.0824. The molecule has 2 unspecified atom stereocenters. The van der Waals surface area contributed by atoms with Crippen molar-refractivity contribution in [2.45, 2.75) is 45.7 Å². The van der Waals surface area contributed by atoms with E-state index >= 15 is 0 Å². The third-order valence-electron chi connectivity index (χ3n) is 5.13. The second-order valence-corrected chi connectivity index (χ2v) is 7.78. The molecule has 152 valence electrons. The molecule has 1 aromatic heterocycles. The number of amides is 1. The molecule has 2 aromatic carbocycles. The summed E-state index contributed by atoms with van der Waals surface area (Å²) in [4.78, 5) is 14.7. The molecule has 1 N–H and O–H groups in total. The van der Waals surface area contributed by atoms with Gasteiger partial charge in [0.15, 0.2) is 0 Å². The van der Waals surface area contributed by atoms with Crippen LogP contribution in [0.2, 0.25) is 0 Å². The van der Waals surface area contributed by atoms with E-state index in [2.05, 4.69) is 58.6 Å². The molecule has 0 aliphatic carbocycles. The molecule has 1 fully saturated rings. The highest BCUT2D eigenvalue weighted by Gasteiger charge is 2.21. The van der Waals surface area contributed by atoms with Crippen LogP contribution in [0.4, 0.5) is 0 Å². The van der Waals surface area contributed by atoms with Gasteiger partial charge in [-0.2, -0.15) is 0 Å². The number of nitrogens with zero attached hydrogens (tertiary/aromatic N) is 4. The second kappa shape index (κ2) is 8.71. The summed E-state index contributed by atoms with van der Waals surface area (Å²) in [5, 5.41) is 11.1. The summed E-state index contributed by atoms with van der Waals surface area (Å²) in [6.07, 6.45) is 0.547. The highest BCUT2D eigenvalue weighted by Crippen LogP contribution is 2.15. The lowest BCUT2D eigenvalue weighted by atomic mass is 10.1. The highest BCUT2D eigenvalue weighted by atomic mass is 16.5. The smallest absolute Gasteiger partial charge is 0.242 e. The zero-order valence-electron chi connectivity index (χ0n) is 16.9. The number of ether oxygens (including phenoxy) is 1. The molecule has 1 amide bonds. The van der Waals surface area contributed by atoms with Crippen LogP contribution >= 0.6 is 0 Å². The summed E-state index contributed by atoms with van der Waals surface area (Å²) in [6, 6.07) is 16.1. The first-order valence-electron chi connectivity index (χ1n) is 10.1. The number of benzene rings is 2. The molecule has 0 bridgehead atoms. The maximum absolute atomic E-state index is 12.3. The van der Waals surface area contributed by atoms with Crippen LogP contribution in [0.15, 0.2) is 48.5 Å². The fraction of sp³-hybridized carbons (Fsp3) is 0.409. The average Bonchev–Trinajstić information content (AvgIpc) is 3.10. The number of aromatic nitrogens is 3. The SMILES string of the molecule is CC1CN(Cc2ccc(CNC(=O)Cn3nnc4ccccc43)cc2)CC(C)O1. The highest BCUT2D eigenvalue weighted by molar-refractivity contribution is 5.79. The number of carbonyl (C=O) groups excluding carboxylic acids is 1. The monoisotopic (exact) mass is 393 g/mol. The van der Waals surface area contributed by atoms with Gasteiger partial charge < -0.3 is 10.1 Å². The van der Waals surface area contributed by atoms with Crippen LogP contribution in [0, 0.1) is 0 Å². The number of hydrogen-bond acceptors (Lipinski definition) is 5. The van der Waals surface area contributed by atoms with Gasteiger partial charge in [0.2, 0.25) is 5.91 Å². The van der Waals surface area contributed by atoms with Gasteiger partial charge >= 0.3 is 0 Å². The molecule has 1 saturated heterocycles. The lowest BCUT2D eigenvalue weighted by Crippen LogP contribution is -2.44. The van der Waals surface area contributed by atoms with Gasteiger partial charge in [-0.05, 0) is 37.1 Å². The fourth-order valence-corrected chi connectivity index (χ4v) is 3.86. The van der Waals surface area contributed by atoms with E-state index in [0.717, 1.165) is 36.2 Å². The number of carbonyl (C=O) groups is 1. The molecular formula is C22H27N5O2. The van der Waals surface area contributed by atoms with Crippen LogP contribution in [0.1, 0.15) is 25.0 Å². The lowest BCUT2D eigenvalue weighted by molar-refractivity contribution is -0.121. The first-order chi connectivity index (χ1) is 14.1. The van der Waals surface area contributed by atoms with E-state index in [9.17, 15) is 4.79 Å². The molecule has 29 heavy (non-hydrogen) atoms. The van der Waals surface area contributed by atoms with Gasteiger partial charge in [-0.3, -0.25) is 9.69 Å². The summed E-state index contributed by atoms with van der Waals surface area (Å²) < 4.78 is 7.42. The van der Waals surface area contributed by atoms with Crippen molar-refractivity contribution in [3.05, 3.63) is 59.7 Å². The average molecular weight is 393 g/mol. The van der Waals surface area contributed by atoms with Crippen molar-refractivity contribution in [3.63, 3.8) is 0 Å². The second-order valence-electron chi connectivity index (χ2n) is 7.78. The maximum atomic E-state index is 12.3. The minimum Gasteiger partial charge on any atom is -0.373 e. The number of rotatable bonds is 6. The summed E-state index contributed by atoms with van der Waals surface area (Å²) >= 11 is 0. The number of fused-ring (bicyclic) bond motifs is 1. The molecule has 3 aromatic rings. The van der Waals surface area contributed by atoms with E-state index in [1.54, 1.807) is 4.68 Å². The lowest BCUT2D eigenvalue weighted by Gasteiger charge is -2.35. The van der Waals surface area contributed by atoms with E-state index in [1.165, 1.54) is 5.56 Å². The third-order valence-corrected chi connectivity index (χ3v) is 5.13. The Hall–Kier alpha value is -2.77. The third kappa shape index (κ3) is 4.99. The number of para-hydroxylation sites is 1. The van der Waals surface area contributed by atoms with Crippen LogP contribution in [-0.2, 0) is 29.2 Å². The van der Waals surface area contributed by atoms with Crippen molar-refractivity contribution in [1.82, 2.24) is 25.2 Å². The Balaban J connectivity index is 1.28.